The van der Waals surface area contributed by atoms with Crippen molar-refractivity contribution in [2.45, 2.75) is 43.8 Å². The monoisotopic (exact) mass is 293 g/mol. The Hall–Kier alpha value is -0.970. The highest BCUT2D eigenvalue weighted by molar-refractivity contribution is 5.19. The molecule has 1 saturated carbocycles. The highest BCUT2D eigenvalue weighted by Gasteiger charge is 2.33. The van der Waals surface area contributed by atoms with E-state index in [1.165, 1.54) is 12.5 Å². The van der Waals surface area contributed by atoms with E-state index >= 15 is 0 Å². The molecule has 3 rings (SSSR count). The third-order valence-corrected chi connectivity index (χ3v) is 4.67. The summed E-state index contributed by atoms with van der Waals surface area (Å²) in [5.74, 6) is -0.223. The third kappa shape index (κ3) is 3.82. The lowest BCUT2D eigenvalue weighted by molar-refractivity contribution is -0.0767. The van der Waals surface area contributed by atoms with Crippen molar-refractivity contribution < 1.29 is 14.2 Å². The van der Waals surface area contributed by atoms with E-state index in [1.807, 2.05) is 6.07 Å². The minimum Gasteiger partial charge on any atom is -0.389 e. The van der Waals surface area contributed by atoms with Crippen molar-refractivity contribution >= 4 is 0 Å². The van der Waals surface area contributed by atoms with Gasteiger partial charge in [0.15, 0.2) is 0 Å². The molecule has 116 valence electrons. The number of β-amino-alcohol motifs (C(OH)–C–C–N with tert-alkyl or cyclic N) is 1. The Bertz CT molecular complexity index is 474. The van der Waals surface area contributed by atoms with Crippen LogP contribution >= 0.6 is 0 Å². The third-order valence-electron chi connectivity index (χ3n) is 4.67. The van der Waals surface area contributed by atoms with Crippen LogP contribution in [0.4, 0.5) is 4.39 Å². The van der Waals surface area contributed by atoms with Gasteiger partial charge in [-0.25, -0.2) is 4.39 Å². The van der Waals surface area contributed by atoms with Gasteiger partial charge in [0.2, 0.25) is 0 Å². The lowest BCUT2D eigenvalue weighted by atomic mass is 9.84. The van der Waals surface area contributed by atoms with Crippen LogP contribution in [0.3, 0.4) is 0 Å². The first-order valence-electron chi connectivity index (χ1n) is 7.96. The Morgan fingerprint density at radius 1 is 1.29 bits per heavy atom. The van der Waals surface area contributed by atoms with Crippen LogP contribution in [0.5, 0.6) is 0 Å². The summed E-state index contributed by atoms with van der Waals surface area (Å²) < 4.78 is 19.1. The molecule has 1 atom stereocenters. The van der Waals surface area contributed by atoms with Crippen LogP contribution in [0.25, 0.3) is 0 Å². The second kappa shape index (κ2) is 6.42. The standard InChI is InChI=1S/C17H24FNO2/c18-15-6-4-5-14(11-15)16-12-19(9-10-21-16)13-17(20)7-2-1-3-8-17/h4-6,11,16,20H,1-3,7-10,12-13H2. The van der Waals surface area contributed by atoms with Gasteiger partial charge in [-0.05, 0) is 30.5 Å². The van der Waals surface area contributed by atoms with Crippen LogP contribution in [0.1, 0.15) is 43.8 Å². The Morgan fingerprint density at radius 3 is 2.86 bits per heavy atom. The average Bonchev–Trinajstić information content (AvgIpc) is 2.48. The number of benzene rings is 1. The van der Waals surface area contributed by atoms with E-state index in [1.54, 1.807) is 12.1 Å². The Kier molecular flexibility index (Phi) is 4.57. The molecule has 0 aromatic heterocycles. The van der Waals surface area contributed by atoms with Crippen LogP contribution in [-0.2, 0) is 4.74 Å². The van der Waals surface area contributed by atoms with Gasteiger partial charge in [-0.2, -0.15) is 0 Å². The second-order valence-electron chi connectivity index (χ2n) is 6.43. The molecule has 21 heavy (non-hydrogen) atoms. The zero-order valence-corrected chi connectivity index (χ0v) is 12.4. The lowest BCUT2D eigenvalue weighted by Gasteiger charge is -2.40. The number of hydrogen-bond donors (Lipinski definition) is 1. The normalized spacial score (nSPS) is 26.7. The van der Waals surface area contributed by atoms with Gasteiger partial charge in [0.25, 0.3) is 0 Å². The maximum Gasteiger partial charge on any atom is 0.123 e. The van der Waals surface area contributed by atoms with E-state index in [4.69, 9.17) is 4.74 Å². The first-order chi connectivity index (χ1) is 10.1. The molecule has 2 aliphatic rings. The molecule has 0 radical (unpaired) electrons. The number of halogens is 1. The highest BCUT2D eigenvalue weighted by atomic mass is 19.1. The van der Waals surface area contributed by atoms with Crippen LogP contribution in [0.2, 0.25) is 0 Å². The highest BCUT2D eigenvalue weighted by Crippen LogP contribution is 2.30. The summed E-state index contributed by atoms with van der Waals surface area (Å²) in [6.07, 6.45) is 5.17. The first-order valence-corrected chi connectivity index (χ1v) is 7.96. The SMILES string of the molecule is OC1(CN2CCOC(c3cccc(F)c3)C2)CCCCC1. The summed E-state index contributed by atoms with van der Waals surface area (Å²) in [5.41, 5.74) is 0.345. The Labute approximate surface area is 125 Å². The zero-order valence-electron chi connectivity index (χ0n) is 12.4. The molecule has 4 heteroatoms. The summed E-state index contributed by atoms with van der Waals surface area (Å²) >= 11 is 0. The van der Waals surface area contributed by atoms with Crippen molar-refractivity contribution in [3.8, 4) is 0 Å². The van der Waals surface area contributed by atoms with Gasteiger partial charge < -0.3 is 9.84 Å². The van der Waals surface area contributed by atoms with Crippen molar-refractivity contribution in [2.75, 3.05) is 26.2 Å². The summed E-state index contributed by atoms with van der Waals surface area (Å²) in [6, 6.07) is 6.63. The van der Waals surface area contributed by atoms with Crippen LogP contribution in [0, 0.1) is 5.82 Å². The number of aliphatic hydroxyl groups is 1. The van der Waals surface area contributed by atoms with E-state index in [0.29, 0.717) is 13.2 Å². The Morgan fingerprint density at radius 2 is 2.10 bits per heavy atom. The van der Waals surface area contributed by atoms with E-state index < -0.39 is 5.60 Å². The van der Waals surface area contributed by atoms with Crippen LogP contribution < -0.4 is 0 Å². The maximum absolute atomic E-state index is 13.3. The molecule has 0 spiro atoms. The predicted octanol–water partition coefficient (Wildman–Crippen LogP) is 2.89. The van der Waals surface area contributed by atoms with Crippen molar-refractivity contribution in [1.29, 1.82) is 0 Å². The molecular weight excluding hydrogens is 269 g/mol. The molecule has 1 saturated heterocycles. The molecule has 3 nitrogen and oxygen atoms in total. The smallest absolute Gasteiger partial charge is 0.123 e. The molecule has 1 aromatic carbocycles. The molecule has 2 fully saturated rings. The summed E-state index contributed by atoms with van der Waals surface area (Å²) in [6.45, 7) is 2.92. The predicted molar refractivity (Wildman–Crippen MR) is 79.6 cm³/mol. The van der Waals surface area contributed by atoms with Gasteiger partial charge in [-0.15, -0.1) is 0 Å². The fraction of sp³-hybridized carbons (Fsp3) is 0.647. The van der Waals surface area contributed by atoms with E-state index in [0.717, 1.165) is 44.3 Å². The van der Waals surface area contributed by atoms with E-state index in [2.05, 4.69) is 4.90 Å². The van der Waals surface area contributed by atoms with Crippen molar-refractivity contribution in [1.82, 2.24) is 4.90 Å². The molecule has 1 aromatic rings. The van der Waals surface area contributed by atoms with Gasteiger partial charge in [-0.3, -0.25) is 4.90 Å². The van der Waals surface area contributed by atoms with Crippen LogP contribution in [0.15, 0.2) is 24.3 Å². The van der Waals surface area contributed by atoms with Gasteiger partial charge in [0.05, 0.1) is 18.3 Å². The average molecular weight is 293 g/mol. The number of morpholine rings is 1. The topological polar surface area (TPSA) is 32.7 Å². The fourth-order valence-electron chi connectivity index (χ4n) is 3.54. The molecule has 1 aliphatic heterocycles. The second-order valence-corrected chi connectivity index (χ2v) is 6.43. The molecule has 1 heterocycles. The van der Waals surface area contributed by atoms with Gasteiger partial charge in [0.1, 0.15) is 5.82 Å². The van der Waals surface area contributed by atoms with E-state index in [-0.39, 0.29) is 11.9 Å². The largest absolute Gasteiger partial charge is 0.389 e. The summed E-state index contributed by atoms with van der Waals surface area (Å²) in [4.78, 5) is 2.27. The van der Waals surface area contributed by atoms with Gasteiger partial charge >= 0.3 is 0 Å². The zero-order chi connectivity index (χ0) is 14.7. The molecule has 0 bridgehead atoms. The summed E-state index contributed by atoms with van der Waals surface area (Å²) in [7, 11) is 0. The minimum atomic E-state index is -0.540. The first kappa shape index (κ1) is 14.9. The summed E-state index contributed by atoms with van der Waals surface area (Å²) in [5, 5.41) is 10.7. The molecule has 1 N–H and O–H groups in total. The number of rotatable bonds is 3. The number of hydrogen-bond acceptors (Lipinski definition) is 3. The molecule has 1 unspecified atom stereocenters. The quantitative estimate of drug-likeness (QED) is 0.930. The fourth-order valence-corrected chi connectivity index (χ4v) is 3.54. The molecular formula is C17H24FNO2. The molecule has 0 amide bonds. The van der Waals surface area contributed by atoms with Crippen molar-refractivity contribution in [3.63, 3.8) is 0 Å². The Balaban J connectivity index is 1.63. The van der Waals surface area contributed by atoms with Crippen molar-refractivity contribution in [3.05, 3.63) is 35.6 Å². The van der Waals surface area contributed by atoms with Gasteiger partial charge in [0, 0.05) is 19.6 Å². The maximum atomic E-state index is 13.3. The van der Waals surface area contributed by atoms with Crippen molar-refractivity contribution in [2.24, 2.45) is 0 Å². The number of nitrogens with zero attached hydrogens (tertiary/aromatic N) is 1. The number of ether oxygens (including phenoxy) is 1. The molecule has 1 aliphatic carbocycles. The van der Waals surface area contributed by atoms with Crippen LogP contribution in [-0.4, -0.2) is 41.8 Å². The van der Waals surface area contributed by atoms with Gasteiger partial charge in [-0.1, -0.05) is 31.4 Å². The minimum absolute atomic E-state index is 0.0957. The lowest BCUT2D eigenvalue weighted by Crippen LogP contribution is -2.49. The van der Waals surface area contributed by atoms with E-state index in [9.17, 15) is 9.50 Å².